The Bertz CT molecular complexity index is 179. The van der Waals surface area contributed by atoms with Gasteiger partial charge in [0.1, 0.15) is 5.00 Å². The van der Waals surface area contributed by atoms with Gasteiger partial charge in [-0.2, -0.15) is 0 Å². The van der Waals surface area contributed by atoms with Gasteiger partial charge in [-0.05, 0) is 33.8 Å². The van der Waals surface area contributed by atoms with E-state index in [1.165, 1.54) is 5.56 Å². The Kier molecular flexibility index (Phi) is 3.54. The molecule has 0 radical (unpaired) electrons. The molecule has 1 heterocycles. The highest BCUT2D eigenvalue weighted by Crippen LogP contribution is 2.29. The molecule has 9 heavy (non-hydrogen) atoms. The highest BCUT2D eigenvalue weighted by atomic mass is 79.9. The molecule has 1 rings (SSSR count). The summed E-state index contributed by atoms with van der Waals surface area (Å²) < 4.78 is 1.04. The molecule has 0 aliphatic carbocycles. The molecule has 1 nitrogen and oxygen atoms in total. The second-order valence-corrected chi connectivity index (χ2v) is 3.30. The van der Waals surface area contributed by atoms with Crippen molar-refractivity contribution in [2.24, 2.45) is 0 Å². The quantitative estimate of drug-likeness (QED) is 0.726. The van der Waals surface area contributed by atoms with Crippen molar-refractivity contribution in [3.05, 3.63) is 15.4 Å². The van der Waals surface area contributed by atoms with Crippen LogP contribution in [0.15, 0.2) is 9.85 Å². The predicted octanol–water partition coefficient (Wildman–Crippen LogP) is 2.82. The molecule has 0 fully saturated rings. The van der Waals surface area contributed by atoms with Gasteiger partial charge in [0.05, 0.1) is 4.47 Å². The number of halogens is 2. The van der Waals surface area contributed by atoms with E-state index in [0.717, 1.165) is 9.47 Å². The number of nitrogens with two attached hydrogens (primary N) is 1. The van der Waals surface area contributed by atoms with Crippen LogP contribution in [0.25, 0.3) is 0 Å². The minimum absolute atomic E-state index is 0. The Morgan fingerprint density at radius 3 is 2.33 bits per heavy atom. The van der Waals surface area contributed by atoms with Crippen LogP contribution in [-0.2, 0) is 0 Å². The average Bonchev–Trinajstić information content (AvgIpc) is 1.98. The fourth-order valence-corrected chi connectivity index (χ4v) is 1.68. The molecule has 1 aromatic rings. The van der Waals surface area contributed by atoms with Crippen LogP contribution in [0.5, 0.6) is 0 Å². The monoisotopic (exact) mass is 227 g/mol. The van der Waals surface area contributed by atoms with Gasteiger partial charge in [-0.3, -0.25) is 0 Å². The molecule has 0 unspecified atom stereocenters. The van der Waals surface area contributed by atoms with Gasteiger partial charge in [-0.1, -0.05) is 0 Å². The van der Waals surface area contributed by atoms with Crippen molar-refractivity contribution in [1.29, 1.82) is 0 Å². The first-order chi connectivity index (χ1) is 3.72. The molecule has 0 aliphatic rings. The van der Waals surface area contributed by atoms with Crippen LogP contribution in [0.1, 0.15) is 5.56 Å². The second-order valence-electron chi connectivity index (χ2n) is 1.60. The highest BCUT2D eigenvalue weighted by molar-refractivity contribution is 9.10. The van der Waals surface area contributed by atoms with Crippen LogP contribution in [0.3, 0.4) is 0 Å². The lowest BCUT2D eigenvalue weighted by Crippen LogP contribution is -1.77. The summed E-state index contributed by atoms with van der Waals surface area (Å²) >= 11 is 4.90. The SMILES string of the molecule is Cc1csc(N)c1Br.Cl. The zero-order valence-electron chi connectivity index (χ0n) is 4.85. The maximum Gasteiger partial charge on any atom is 0.100 e. The predicted molar refractivity (Wildman–Crippen MR) is 48.4 cm³/mol. The van der Waals surface area contributed by atoms with Crippen LogP contribution in [0.4, 0.5) is 5.00 Å². The average molecular weight is 229 g/mol. The molecule has 0 aliphatic heterocycles. The second kappa shape index (κ2) is 3.44. The van der Waals surface area contributed by atoms with Gasteiger partial charge >= 0.3 is 0 Å². The van der Waals surface area contributed by atoms with Crippen molar-refractivity contribution in [3.8, 4) is 0 Å². The minimum atomic E-state index is 0. The standard InChI is InChI=1S/C5H6BrNS.ClH/c1-3-2-8-5(7)4(3)6;/h2H,7H2,1H3;1H. The Morgan fingerprint density at radius 2 is 2.22 bits per heavy atom. The van der Waals surface area contributed by atoms with Gasteiger partial charge in [0.25, 0.3) is 0 Å². The largest absolute Gasteiger partial charge is 0.390 e. The number of rotatable bonds is 0. The lowest BCUT2D eigenvalue weighted by atomic mass is 10.4. The van der Waals surface area contributed by atoms with E-state index in [1.54, 1.807) is 11.3 Å². The molecule has 0 saturated heterocycles. The van der Waals surface area contributed by atoms with E-state index in [4.69, 9.17) is 5.73 Å². The maximum atomic E-state index is 5.51. The van der Waals surface area contributed by atoms with Crippen molar-refractivity contribution in [2.45, 2.75) is 6.92 Å². The number of aryl methyl sites for hydroxylation is 1. The first-order valence-electron chi connectivity index (χ1n) is 2.21. The smallest absolute Gasteiger partial charge is 0.100 e. The van der Waals surface area contributed by atoms with Crippen molar-refractivity contribution in [2.75, 3.05) is 5.73 Å². The highest BCUT2D eigenvalue weighted by Gasteiger charge is 1.98. The zero-order valence-corrected chi connectivity index (χ0v) is 8.07. The number of nitrogen functional groups attached to an aromatic ring is 1. The topological polar surface area (TPSA) is 26.0 Å². The Morgan fingerprint density at radius 1 is 1.67 bits per heavy atom. The van der Waals surface area contributed by atoms with Crippen LogP contribution in [0, 0.1) is 6.92 Å². The third-order valence-corrected chi connectivity index (χ3v) is 3.17. The van der Waals surface area contributed by atoms with Gasteiger partial charge < -0.3 is 5.73 Å². The van der Waals surface area contributed by atoms with Crippen molar-refractivity contribution >= 4 is 44.7 Å². The van der Waals surface area contributed by atoms with Crippen LogP contribution >= 0.6 is 39.7 Å². The van der Waals surface area contributed by atoms with E-state index in [9.17, 15) is 0 Å². The van der Waals surface area contributed by atoms with Gasteiger partial charge in [0.2, 0.25) is 0 Å². The molecule has 2 N–H and O–H groups in total. The summed E-state index contributed by atoms with van der Waals surface area (Å²) in [5.74, 6) is 0. The van der Waals surface area contributed by atoms with Crippen molar-refractivity contribution in [1.82, 2.24) is 0 Å². The zero-order chi connectivity index (χ0) is 6.15. The molecular weight excluding hydrogens is 221 g/mol. The summed E-state index contributed by atoms with van der Waals surface area (Å²) in [6, 6.07) is 0. The molecule has 1 aromatic heterocycles. The van der Waals surface area contributed by atoms with Crippen molar-refractivity contribution in [3.63, 3.8) is 0 Å². The molecule has 0 amide bonds. The van der Waals surface area contributed by atoms with E-state index < -0.39 is 0 Å². The first-order valence-corrected chi connectivity index (χ1v) is 3.88. The number of anilines is 1. The Hall–Kier alpha value is 0.270. The number of hydrogen-bond acceptors (Lipinski definition) is 2. The van der Waals surface area contributed by atoms with E-state index in [-0.39, 0.29) is 12.4 Å². The molecule has 52 valence electrons. The number of hydrogen-bond donors (Lipinski definition) is 1. The summed E-state index contributed by atoms with van der Waals surface area (Å²) in [6.07, 6.45) is 0. The Labute approximate surface area is 72.8 Å². The lowest BCUT2D eigenvalue weighted by molar-refractivity contribution is 1.52. The third-order valence-electron chi connectivity index (χ3n) is 0.925. The Balaban J connectivity index is 0.000000640. The van der Waals surface area contributed by atoms with Crippen LogP contribution < -0.4 is 5.73 Å². The molecule has 0 atom stereocenters. The van der Waals surface area contributed by atoms with E-state index in [0.29, 0.717) is 0 Å². The third kappa shape index (κ3) is 1.85. The minimum Gasteiger partial charge on any atom is -0.390 e. The van der Waals surface area contributed by atoms with Gasteiger partial charge in [-0.25, -0.2) is 0 Å². The summed E-state index contributed by atoms with van der Waals surface area (Å²) in [7, 11) is 0. The van der Waals surface area contributed by atoms with Crippen molar-refractivity contribution < 1.29 is 0 Å². The van der Waals surface area contributed by atoms with Gasteiger partial charge in [0.15, 0.2) is 0 Å². The van der Waals surface area contributed by atoms with E-state index in [2.05, 4.69) is 15.9 Å². The van der Waals surface area contributed by atoms with Gasteiger partial charge in [0, 0.05) is 0 Å². The molecular formula is C5H7BrClNS. The molecule has 0 bridgehead atoms. The van der Waals surface area contributed by atoms with Gasteiger partial charge in [-0.15, -0.1) is 23.7 Å². The molecule has 4 heteroatoms. The molecule has 0 aromatic carbocycles. The fraction of sp³-hybridized carbons (Fsp3) is 0.200. The summed E-state index contributed by atoms with van der Waals surface area (Å²) in [5.41, 5.74) is 6.73. The lowest BCUT2D eigenvalue weighted by Gasteiger charge is -1.84. The van der Waals surface area contributed by atoms with Crippen LogP contribution in [-0.4, -0.2) is 0 Å². The summed E-state index contributed by atoms with van der Waals surface area (Å²) in [4.78, 5) is 0. The van der Waals surface area contributed by atoms with E-state index in [1.807, 2.05) is 12.3 Å². The van der Waals surface area contributed by atoms with E-state index >= 15 is 0 Å². The molecule has 0 spiro atoms. The maximum absolute atomic E-state index is 5.51. The van der Waals surface area contributed by atoms with Crippen LogP contribution in [0.2, 0.25) is 0 Å². The first kappa shape index (κ1) is 9.27. The normalized spacial score (nSPS) is 8.67. The number of thiophene rings is 1. The summed E-state index contributed by atoms with van der Waals surface area (Å²) in [6.45, 7) is 2.02. The summed E-state index contributed by atoms with van der Waals surface area (Å²) in [5, 5.41) is 2.89. The fourth-order valence-electron chi connectivity index (χ4n) is 0.450. The molecule has 0 saturated carbocycles.